The summed E-state index contributed by atoms with van der Waals surface area (Å²) in [6.45, 7) is 4.77. The van der Waals surface area contributed by atoms with Crippen molar-refractivity contribution in [1.82, 2.24) is 0 Å². The molecule has 0 aromatic heterocycles. The van der Waals surface area contributed by atoms with E-state index in [2.05, 4.69) is 4.18 Å². The molecule has 0 unspecified atom stereocenters. The fourth-order valence-corrected chi connectivity index (χ4v) is 2.09. The first kappa shape index (κ1) is 16.8. The summed E-state index contributed by atoms with van der Waals surface area (Å²) in [5.41, 5.74) is -6.52. The zero-order valence-electron chi connectivity index (χ0n) is 11.2. The van der Waals surface area contributed by atoms with Crippen molar-refractivity contribution in [3.8, 4) is 0 Å². The Morgan fingerprint density at radius 3 is 2.15 bits per heavy atom. The van der Waals surface area contributed by atoms with E-state index in [1.165, 1.54) is 0 Å². The molecule has 0 N–H and O–H groups in total. The van der Waals surface area contributed by atoms with Crippen LogP contribution in [0.3, 0.4) is 0 Å². The summed E-state index contributed by atoms with van der Waals surface area (Å²) < 4.78 is 67.6. The number of esters is 1. The number of allylic oxidation sites excluding steroid dienone is 1. The topological polar surface area (TPSA) is 69.7 Å². The van der Waals surface area contributed by atoms with E-state index in [0.717, 1.165) is 0 Å². The van der Waals surface area contributed by atoms with E-state index in [4.69, 9.17) is 4.74 Å². The van der Waals surface area contributed by atoms with Gasteiger partial charge in [-0.1, -0.05) is 0 Å². The van der Waals surface area contributed by atoms with Crippen molar-refractivity contribution in [2.24, 2.45) is 0 Å². The maximum absolute atomic E-state index is 12.2. The zero-order valence-corrected chi connectivity index (χ0v) is 12.0. The Morgan fingerprint density at radius 1 is 1.15 bits per heavy atom. The second-order valence-electron chi connectivity index (χ2n) is 5.24. The van der Waals surface area contributed by atoms with Gasteiger partial charge in [0.2, 0.25) is 0 Å². The van der Waals surface area contributed by atoms with Gasteiger partial charge in [-0.15, -0.1) is 0 Å². The lowest BCUT2D eigenvalue weighted by molar-refractivity contribution is -0.150. The van der Waals surface area contributed by atoms with Crippen LogP contribution in [-0.4, -0.2) is 25.5 Å². The maximum Gasteiger partial charge on any atom is 0.534 e. The quantitative estimate of drug-likeness (QED) is 0.455. The van der Waals surface area contributed by atoms with Gasteiger partial charge in [0.1, 0.15) is 11.4 Å². The number of hydrogen-bond acceptors (Lipinski definition) is 5. The summed E-state index contributed by atoms with van der Waals surface area (Å²) in [6, 6.07) is 0. The lowest BCUT2D eigenvalue weighted by atomic mass is 10.2. The molecule has 1 rings (SSSR count). The number of hydrogen-bond donors (Lipinski definition) is 0. The monoisotopic (exact) mass is 316 g/mol. The molecule has 0 aromatic rings. The van der Waals surface area contributed by atoms with E-state index >= 15 is 0 Å². The molecule has 20 heavy (non-hydrogen) atoms. The first-order chi connectivity index (χ1) is 8.83. The molecule has 0 bridgehead atoms. The number of carbonyl (C=O) groups is 1. The van der Waals surface area contributed by atoms with Crippen molar-refractivity contribution >= 4 is 16.1 Å². The molecule has 0 aromatic carbocycles. The summed E-state index contributed by atoms with van der Waals surface area (Å²) >= 11 is 0. The van der Waals surface area contributed by atoms with Crippen LogP contribution in [0, 0.1) is 0 Å². The highest BCUT2D eigenvalue weighted by atomic mass is 32.2. The minimum atomic E-state index is -5.76. The van der Waals surface area contributed by atoms with E-state index in [1.807, 2.05) is 0 Å². The van der Waals surface area contributed by atoms with Crippen molar-refractivity contribution < 1.29 is 35.3 Å². The van der Waals surface area contributed by atoms with Gasteiger partial charge in [-0.3, -0.25) is 0 Å². The Bertz CT molecular complexity index is 525. The van der Waals surface area contributed by atoms with Crippen LogP contribution >= 0.6 is 0 Å². The molecule has 0 atom stereocenters. The zero-order chi connectivity index (χ0) is 15.8. The summed E-state index contributed by atoms with van der Waals surface area (Å²) in [5.74, 6) is -1.35. The van der Waals surface area contributed by atoms with Gasteiger partial charge in [0, 0.05) is 6.42 Å². The Balaban J connectivity index is 2.98. The predicted octanol–water partition coefficient (Wildman–Crippen LogP) is 2.63. The Hall–Kier alpha value is -1.25. The normalized spacial score (nSPS) is 17.3. The van der Waals surface area contributed by atoms with Gasteiger partial charge in [0.05, 0.1) is 5.57 Å². The molecule has 1 aliphatic carbocycles. The smallest absolute Gasteiger partial charge is 0.457 e. The lowest BCUT2D eigenvalue weighted by Gasteiger charge is -2.20. The van der Waals surface area contributed by atoms with Gasteiger partial charge < -0.3 is 8.92 Å². The molecule has 0 radical (unpaired) electrons. The van der Waals surface area contributed by atoms with Gasteiger partial charge in [0.25, 0.3) is 0 Å². The summed E-state index contributed by atoms with van der Waals surface area (Å²) in [6.07, 6.45) is 0.402. The van der Waals surface area contributed by atoms with Crippen LogP contribution < -0.4 is 0 Å². The van der Waals surface area contributed by atoms with E-state index in [0.29, 0.717) is 6.42 Å². The highest BCUT2D eigenvalue weighted by molar-refractivity contribution is 7.87. The second kappa shape index (κ2) is 5.27. The SMILES string of the molecule is CC(C)(C)OC(=O)C1=C(OS(=O)(=O)C(F)(F)F)CCC1. The van der Waals surface area contributed by atoms with E-state index in [-0.39, 0.29) is 18.4 Å². The van der Waals surface area contributed by atoms with Crippen molar-refractivity contribution in [1.29, 1.82) is 0 Å². The molecule has 0 heterocycles. The highest BCUT2D eigenvalue weighted by Crippen LogP contribution is 2.34. The number of rotatable bonds is 3. The number of alkyl halides is 3. The summed E-state index contributed by atoms with van der Waals surface area (Å²) in [7, 11) is -5.76. The van der Waals surface area contributed by atoms with E-state index in [1.54, 1.807) is 20.8 Å². The number of halogens is 3. The van der Waals surface area contributed by atoms with Crippen LogP contribution in [0.5, 0.6) is 0 Å². The molecule has 1 aliphatic rings. The van der Waals surface area contributed by atoms with Gasteiger partial charge in [-0.05, 0) is 33.6 Å². The Labute approximate surface area is 114 Å². The molecule has 116 valence electrons. The molecular weight excluding hydrogens is 301 g/mol. The van der Waals surface area contributed by atoms with Gasteiger partial charge in [-0.2, -0.15) is 21.6 Å². The van der Waals surface area contributed by atoms with Crippen LogP contribution in [0.1, 0.15) is 40.0 Å². The van der Waals surface area contributed by atoms with Crippen LogP contribution in [0.2, 0.25) is 0 Å². The maximum atomic E-state index is 12.2. The minimum Gasteiger partial charge on any atom is -0.457 e. The number of ether oxygens (including phenoxy) is 1. The third-order valence-electron chi connectivity index (χ3n) is 2.31. The molecule has 0 saturated carbocycles. The standard InChI is InChI=1S/C11H15F3O5S/c1-10(2,3)18-9(15)7-5-4-6-8(7)19-20(16,17)11(12,13)14/h4-6H2,1-3H3. The molecule has 0 fully saturated rings. The van der Waals surface area contributed by atoms with Gasteiger partial charge >= 0.3 is 21.6 Å². The number of carbonyl (C=O) groups excluding carboxylic acids is 1. The van der Waals surface area contributed by atoms with Crippen LogP contribution in [-0.2, 0) is 23.8 Å². The minimum absolute atomic E-state index is 0.0517. The molecule has 9 heteroatoms. The summed E-state index contributed by atoms with van der Waals surface area (Å²) in [4.78, 5) is 11.8. The van der Waals surface area contributed by atoms with E-state index in [9.17, 15) is 26.4 Å². The molecule has 0 spiro atoms. The average Bonchev–Trinajstić information content (AvgIpc) is 2.60. The van der Waals surface area contributed by atoms with Gasteiger partial charge in [-0.25, -0.2) is 4.79 Å². The fourth-order valence-electron chi connectivity index (χ4n) is 1.54. The lowest BCUT2D eigenvalue weighted by Crippen LogP contribution is -2.27. The first-order valence-corrected chi connectivity index (χ1v) is 7.20. The van der Waals surface area contributed by atoms with Crippen molar-refractivity contribution in [3.63, 3.8) is 0 Å². The average molecular weight is 316 g/mol. The third kappa shape index (κ3) is 4.12. The van der Waals surface area contributed by atoms with E-state index < -0.39 is 33.0 Å². The van der Waals surface area contributed by atoms with Crippen molar-refractivity contribution in [2.45, 2.75) is 51.1 Å². The van der Waals surface area contributed by atoms with Crippen molar-refractivity contribution in [3.05, 3.63) is 11.3 Å². The molecular formula is C11H15F3O5S. The molecule has 0 amide bonds. The first-order valence-electron chi connectivity index (χ1n) is 5.79. The largest absolute Gasteiger partial charge is 0.534 e. The van der Waals surface area contributed by atoms with Crippen molar-refractivity contribution in [2.75, 3.05) is 0 Å². The molecule has 0 aliphatic heterocycles. The van der Waals surface area contributed by atoms with Crippen LogP contribution in [0.25, 0.3) is 0 Å². The van der Waals surface area contributed by atoms with Crippen LogP contribution in [0.4, 0.5) is 13.2 Å². The fraction of sp³-hybridized carbons (Fsp3) is 0.727. The molecule has 0 saturated heterocycles. The Morgan fingerprint density at radius 2 is 1.70 bits per heavy atom. The van der Waals surface area contributed by atoms with Crippen LogP contribution in [0.15, 0.2) is 11.3 Å². The molecule has 5 nitrogen and oxygen atoms in total. The predicted molar refractivity (Wildman–Crippen MR) is 62.8 cm³/mol. The van der Waals surface area contributed by atoms with Gasteiger partial charge in [0.15, 0.2) is 0 Å². The highest BCUT2D eigenvalue weighted by Gasteiger charge is 2.49. The second-order valence-corrected chi connectivity index (χ2v) is 6.78. The Kier molecular flexibility index (Phi) is 4.42. The summed E-state index contributed by atoms with van der Waals surface area (Å²) in [5, 5.41) is 0. The third-order valence-corrected chi connectivity index (χ3v) is 3.29.